The minimum Gasteiger partial charge on any atom is -0.324 e. The zero-order valence-corrected chi connectivity index (χ0v) is 15.1. The predicted molar refractivity (Wildman–Crippen MR) is 77.8 cm³/mol. The normalized spacial score (nSPS) is 14.7. The van der Waals surface area contributed by atoms with Gasteiger partial charge in [-0.2, -0.15) is 0 Å². The SMILES string of the molecule is O=P(O)(O)CC(CN(CP(=O)(O)O)CP(=O)(O)O)CP(=O)(O)O. The maximum absolute atomic E-state index is 11.0. The lowest BCUT2D eigenvalue weighted by molar-refractivity contribution is 0.252. The molecule has 0 saturated carbocycles. The fourth-order valence-corrected chi connectivity index (χ4v) is 5.56. The molecule has 140 valence electrons. The van der Waals surface area contributed by atoms with Crippen molar-refractivity contribution in [3.63, 3.8) is 0 Å². The molecule has 0 saturated heterocycles. The van der Waals surface area contributed by atoms with E-state index in [-0.39, 0.29) is 0 Å². The summed E-state index contributed by atoms with van der Waals surface area (Å²) in [6.07, 6.45) is -4.32. The molecule has 0 aliphatic heterocycles. The Kier molecular flexibility index (Phi) is 8.49. The fraction of sp³-hybridized carbons (Fsp3) is 1.00. The molecule has 0 rings (SSSR count). The average molecular weight is 421 g/mol. The predicted octanol–water partition coefficient (Wildman–Crippen LogP) is -1.47. The first-order chi connectivity index (χ1) is 9.86. The van der Waals surface area contributed by atoms with Crippen molar-refractivity contribution in [3.8, 4) is 0 Å². The van der Waals surface area contributed by atoms with Gasteiger partial charge in [-0.3, -0.25) is 23.2 Å². The van der Waals surface area contributed by atoms with Crippen LogP contribution in [0.1, 0.15) is 0 Å². The first-order valence-corrected chi connectivity index (χ1v) is 13.0. The Morgan fingerprint density at radius 3 is 1.13 bits per heavy atom. The molecule has 8 N–H and O–H groups in total. The van der Waals surface area contributed by atoms with Crippen molar-refractivity contribution in [3.05, 3.63) is 0 Å². The van der Waals surface area contributed by atoms with Crippen molar-refractivity contribution >= 4 is 30.4 Å². The molecule has 0 unspecified atom stereocenters. The maximum Gasteiger partial charge on any atom is 0.339 e. The molecule has 0 spiro atoms. The zero-order chi connectivity index (χ0) is 18.7. The van der Waals surface area contributed by atoms with E-state index < -0.39 is 67.7 Å². The summed E-state index contributed by atoms with van der Waals surface area (Å²) in [7, 11) is -19.0. The van der Waals surface area contributed by atoms with Crippen LogP contribution in [-0.4, -0.2) is 75.5 Å². The maximum atomic E-state index is 11.0. The van der Waals surface area contributed by atoms with Crippen molar-refractivity contribution in [1.82, 2.24) is 4.90 Å². The molecule has 0 aromatic heterocycles. The van der Waals surface area contributed by atoms with E-state index in [0.717, 1.165) is 0 Å². The standard InChI is InChI=1S/C6H19NO12P4/c8-20(9,10)2-6(3-21(11,12)13)1-7(4-22(14,15)16)5-23(17,18)19/h6H,1-5H2,(H2,8,9,10)(H2,11,12,13)(H2,14,15,16)(H2,17,18,19). The highest BCUT2D eigenvalue weighted by Crippen LogP contribution is 2.45. The van der Waals surface area contributed by atoms with Crippen molar-refractivity contribution in [2.75, 3.05) is 31.4 Å². The van der Waals surface area contributed by atoms with Crippen LogP contribution in [0.25, 0.3) is 0 Å². The number of rotatable bonds is 10. The van der Waals surface area contributed by atoms with Crippen LogP contribution < -0.4 is 0 Å². The highest BCUT2D eigenvalue weighted by Gasteiger charge is 2.33. The summed E-state index contributed by atoms with van der Waals surface area (Å²) in [5.74, 6) is -1.44. The number of hydrogen-bond acceptors (Lipinski definition) is 5. The fourth-order valence-electron chi connectivity index (χ4n) is 1.89. The summed E-state index contributed by atoms with van der Waals surface area (Å²) in [6.45, 7) is -0.730. The summed E-state index contributed by atoms with van der Waals surface area (Å²) < 4.78 is 43.9. The van der Waals surface area contributed by atoms with Crippen LogP contribution in [-0.2, 0) is 18.3 Å². The Morgan fingerprint density at radius 1 is 0.609 bits per heavy atom. The Bertz CT molecular complexity index is 470. The second-order valence-electron chi connectivity index (χ2n) is 5.03. The molecule has 0 heterocycles. The van der Waals surface area contributed by atoms with E-state index in [4.69, 9.17) is 39.1 Å². The van der Waals surface area contributed by atoms with Gasteiger partial charge in [0.1, 0.15) is 12.6 Å². The van der Waals surface area contributed by atoms with Gasteiger partial charge in [0.15, 0.2) is 0 Å². The number of nitrogens with zero attached hydrogens (tertiary/aromatic N) is 1. The van der Waals surface area contributed by atoms with Gasteiger partial charge >= 0.3 is 30.4 Å². The third-order valence-corrected chi connectivity index (χ3v) is 5.80. The summed E-state index contributed by atoms with van der Waals surface area (Å²) >= 11 is 0. The topological polar surface area (TPSA) is 233 Å². The average Bonchev–Trinajstić information content (AvgIpc) is 2.03. The van der Waals surface area contributed by atoms with Gasteiger partial charge in [-0.15, -0.1) is 0 Å². The Labute approximate surface area is 131 Å². The van der Waals surface area contributed by atoms with Gasteiger partial charge in [0.05, 0.1) is 12.3 Å². The molecule has 23 heavy (non-hydrogen) atoms. The van der Waals surface area contributed by atoms with Crippen molar-refractivity contribution in [2.24, 2.45) is 5.92 Å². The molecule has 0 fully saturated rings. The van der Waals surface area contributed by atoms with Crippen LogP contribution in [0.2, 0.25) is 0 Å². The largest absolute Gasteiger partial charge is 0.339 e. The van der Waals surface area contributed by atoms with Crippen LogP contribution >= 0.6 is 30.4 Å². The van der Waals surface area contributed by atoms with Gasteiger partial charge in [-0.1, -0.05) is 0 Å². The Balaban J connectivity index is 5.31. The lowest BCUT2D eigenvalue weighted by atomic mass is 10.2. The summed E-state index contributed by atoms with van der Waals surface area (Å²) in [5, 5.41) is 0. The van der Waals surface area contributed by atoms with Crippen LogP contribution in [0.4, 0.5) is 0 Å². The molecule has 0 aliphatic rings. The van der Waals surface area contributed by atoms with Gasteiger partial charge in [-0.05, 0) is 5.92 Å². The summed E-state index contributed by atoms with van der Waals surface area (Å²) in [5.41, 5.74) is 0. The molecule has 0 amide bonds. The molecule has 17 heteroatoms. The third-order valence-electron chi connectivity index (χ3n) is 2.28. The van der Waals surface area contributed by atoms with Crippen molar-refractivity contribution < 1.29 is 57.4 Å². The Morgan fingerprint density at radius 2 is 0.913 bits per heavy atom. The van der Waals surface area contributed by atoms with E-state index in [9.17, 15) is 18.3 Å². The van der Waals surface area contributed by atoms with Gasteiger partial charge in [0.2, 0.25) is 0 Å². The highest BCUT2D eigenvalue weighted by molar-refractivity contribution is 7.53. The molecule has 0 aromatic rings. The molecule has 13 nitrogen and oxygen atoms in total. The second-order valence-corrected chi connectivity index (χ2v) is 11.6. The van der Waals surface area contributed by atoms with Crippen LogP contribution in [0.3, 0.4) is 0 Å². The van der Waals surface area contributed by atoms with Crippen molar-refractivity contribution in [1.29, 1.82) is 0 Å². The van der Waals surface area contributed by atoms with Crippen LogP contribution in [0, 0.1) is 5.92 Å². The first-order valence-electron chi connectivity index (χ1n) is 5.77. The van der Waals surface area contributed by atoms with E-state index in [1.54, 1.807) is 0 Å². The van der Waals surface area contributed by atoms with E-state index in [1.165, 1.54) is 0 Å². The lowest BCUT2D eigenvalue weighted by Crippen LogP contribution is -2.34. The smallest absolute Gasteiger partial charge is 0.324 e. The van der Waals surface area contributed by atoms with Gasteiger partial charge < -0.3 is 39.1 Å². The molecule has 0 bridgehead atoms. The summed E-state index contributed by atoms with van der Waals surface area (Å²) in [6, 6.07) is 0. The zero-order valence-electron chi connectivity index (χ0n) is 11.6. The molecule has 0 radical (unpaired) electrons. The lowest BCUT2D eigenvalue weighted by Gasteiger charge is -2.28. The highest BCUT2D eigenvalue weighted by atomic mass is 31.2. The summed E-state index contributed by atoms with van der Waals surface area (Å²) in [4.78, 5) is 71.6. The van der Waals surface area contributed by atoms with Gasteiger partial charge in [0.25, 0.3) is 0 Å². The first kappa shape index (κ1) is 23.6. The van der Waals surface area contributed by atoms with Crippen LogP contribution in [0.5, 0.6) is 0 Å². The number of hydrogen-bond donors (Lipinski definition) is 8. The van der Waals surface area contributed by atoms with E-state index >= 15 is 0 Å². The molecule has 0 atom stereocenters. The Hall–Kier alpha value is 0.560. The van der Waals surface area contributed by atoms with E-state index in [1.807, 2.05) is 0 Å². The quantitative estimate of drug-likeness (QED) is 0.188. The minimum atomic E-state index is -4.77. The van der Waals surface area contributed by atoms with Gasteiger partial charge in [0, 0.05) is 6.54 Å². The minimum absolute atomic E-state index is 0.525. The van der Waals surface area contributed by atoms with Crippen LogP contribution in [0.15, 0.2) is 0 Å². The van der Waals surface area contributed by atoms with Gasteiger partial charge in [-0.25, -0.2) is 0 Å². The molecule has 0 aliphatic carbocycles. The van der Waals surface area contributed by atoms with E-state index in [0.29, 0.717) is 4.90 Å². The van der Waals surface area contributed by atoms with Crippen molar-refractivity contribution in [2.45, 2.75) is 0 Å². The van der Waals surface area contributed by atoms with E-state index in [2.05, 4.69) is 0 Å². The molecular formula is C6H19NO12P4. The molecule has 0 aromatic carbocycles. The third kappa shape index (κ3) is 15.8. The monoisotopic (exact) mass is 421 g/mol. The molecular weight excluding hydrogens is 402 g/mol. The second kappa shape index (κ2) is 8.29.